The number of benzene rings is 2. The maximum atomic E-state index is 14.2. The number of hydrogen-bond acceptors (Lipinski definition) is 6. The van der Waals surface area contributed by atoms with E-state index in [0.717, 1.165) is 25.3 Å². The van der Waals surface area contributed by atoms with Gasteiger partial charge in [0.15, 0.2) is 0 Å². The highest BCUT2D eigenvalue weighted by Crippen LogP contribution is 2.22. The minimum absolute atomic E-state index is 0.0115. The summed E-state index contributed by atoms with van der Waals surface area (Å²) in [5.41, 5.74) is 2.08. The van der Waals surface area contributed by atoms with Crippen LogP contribution < -0.4 is 10.0 Å². The first-order valence-electron chi connectivity index (χ1n) is 10.6. The second kappa shape index (κ2) is 9.22. The van der Waals surface area contributed by atoms with Crippen molar-refractivity contribution in [2.45, 2.75) is 44.4 Å². The molecule has 2 aromatic carbocycles. The standard InChI is InChI=1S/C23H24FN5O3S/c1-14-15(2)27-22-19(11-16(24)12-20(22)26-14)23(30)28-17-7-6-8-18(13-17)33(31,32)29-21-9-4-3-5-10-25-21/h6-8,11-13H,3-5,9-10H2,1-2H3,(H,25,29)(H,28,30). The summed E-state index contributed by atoms with van der Waals surface area (Å²) < 4.78 is 42.4. The van der Waals surface area contributed by atoms with E-state index >= 15 is 0 Å². The summed E-state index contributed by atoms with van der Waals surface area (Å²) >= 11 is 0. The molecule has 2 heterocycles. The summed E-state index contributed by atoms with van der Waals surface area (Å²) in [5.74, 6) is -0.792. The fourth-order valence-corrected chi connectivity index (χ4v) is 4.72. The fourth-order valence-electron chi connectivity index (χ4n) is 3.58. The van der Waals surface area contributed by atoms with Crippen LogP contribution in [0.2, 0.25) is 0 Å². The number of carbonyl (C=O) groups is 1. The van der Waals surface area contributed by atoms with Crippen LogP contribution in [0.4, 0.5) is 10.1 Å². The minimum atomic E-state index is -3.87. The maximum Gasteiger partial charge on any atom is 0.262 e. The van der Waals surface area contributed by atoms with Gasteiger partial charge in [-0.05, 0) is 51.0 Å². The Morgan fingerprint density at radius 3 is 2.64 bits per heavy atom. The Balaban J connectivity index is 1.61. The van der Waals surface area contributed by atoms with Crippen molar-refractivity contribution in [3.8, 4) is 0 Å². The van der Waals surface area contributed by atoms with E-state index in [4.69, 9.17) is 0 Å². The molecule has 0 aliphatic carbocycles. The van der Waals surface area contributed by atoms with Gasteiger partial charge in [0, 0.05) is 24.7 Å². The summed E-state index contributed by atoms with van der Waals surface area (Å²) in [7, 11) is -3.87. The molecule has 0 saturated carbocycles. The zero-order valence-electron chi connectivity index (χ0n) is 18.4. The topological polar surface area (TPSA) is 113 Å². The first kappa shape index (κ1) is 22.8. The smallest absolute Gasteiger partial charge is 0.262 e. The van der Waals surface area contributed by atoms with Gasteiger partial charge in [0.05, 0.1) is 27.4 Å². The highest BCUT2D eigenvalue weighted by Gasteiger charge is 2.20. The molecule has 1 aromatic heterocycles. The van der Waals surface area contributed by atoms with Gasteiger partial charge in [-0.3, -0.25) is 14.5 Å². The number of anilines is 1. The van der Waals surface area contributed by atoms with Gasteiger partial charge in [0.25, 0.3) is 15.9 Å². The number of aliphatic imine (C=N–C) groups is 1. The molecule has 3 aromatic rings. The first-order chi connectivity index (χ1) is 15.7. The van der Waals surface area contributed by atoms with E-state index in [2.05, 4.69) is 25.0 Å². The summed E-state index contributed by atoms with van der Waals surface area (Å²) in [4.78, 5) is 26.0. The molecular weight excluding hydrogens is 445 g/mol. The predicted octanol–water partition coefficient (Wildman–Crippen LogP) is 3.89. The largest absolute Gasteiger partial charge is 0.322 e. The van der Waals surface area contributed by atoms with Crippen LogP contribution in [0.15, 0.2) is 46.3 Å². The van der Waals surface area contributed by atoms with E-state index in [1.165, 1.54) is 24.3 Å². The number of halogens is 1. The number of sulfonamides is 1. The molecule has 1 amide bonds. The molecule has 1 aliphatic rings. The molecule has 0 spiro atoms. The number of carbonyl (C=O) groups excluding carboxylic acids is 1. The van der Waals surface area contributed by atoms with Crippen molar-refractivity contribution in [1.29, 1.82) is 0 Å². The van der Waals surface area contributed by atoms with Gasteiger partial charge in [0.1, 0.15) is 17.2 Å². The van der Waals surface area contributed by atoms with Crippen molar-refractivity contribution in [1.82, 2.24) is 14.7 Å². The first-order valence-corrected chi connectivity index (χ1v) is 12.1. The van der Waals surface area contributed by atoms with Gasteiger partial charge in [-0.15, -0.1) is 0 Å². The molecule has 172 valence electrons. The Morgan fingerprint density at radius 2 is 1.82 bits per heavy atom. The molecule has 10 heteroatoms. The number of fused-ring (bicyclic) bond motifs is 1. The van der Waals surface area contributed by atoms with Crippen LogP contribution in [-0.2, 0) is 10.0 Å². The number of aryl methyl sites for hydroxylation is 2. The summed E-state index contributed by atoms with van der Waals surface area (Å²) in [6.07, 6.45) is 3.39. The molecule has 1 aliphatic heterocycles. The lowest BCUT2D eigenvalue weighted by atomic mass is 10.1. The van der Waals surface area contributed by atoms with Gasteiger partial charge >= 0.3 is 0 Å². The van der Waals surface area contributed by atoms with Gasteiger partial charge < -0.3 is 5.32 Å². The molecular formula is C23H24FN5O3S. The van der Waals surface area contributed by atoms with E-state index in [1.54, 1.807) is 19.9 Å². The van der Waals surface area contributed by atoms with Crippen molar-refractivity contribution in [3.05, 3.63) is 59.2 Å². The lowest BCUT2D eigenvalue weighted by Gasteiger charge is -2.12. The molecule has 8 nitrogen and oxygen atoms in total. The predicted molar refractivity (Wildman–Crippen MR) is 124 cm³/mol. The lowest BCUT2D eigenvalue weighted by molar-refractivity contribution is 0.102. The second-order valence-electron chi connectivity index (χ2n) is 7.94. The summed E-state index contributed by atoms with van der Waals surface area (Å²) in [6, 6.07) is 8.18. The van der Waals surface area contributed by atoms with Crippen LogP contribution in [0.5, 0.6) is 0 Å². The van der Waals surface area contributed by atoms with E-state index in [1.807, 2.05) is 0 Å². The Bertz CT molecular complexity index is 1370. The summed E-state index contributed by atoms with van der Waals surface area (Å²) in [6.45, 7) is 4.11. The van der Waals surface area contributed by atoms with Gasteiger partial charge in [-0.25, -0.2) is 22.8 Å². The van der Waals surface area contributed by atoms with E-state index < -0.39 is 21.7 Å². The molecule has 0 bridgehead atoms. The van der Waals surface area contributed by atoms with Crippen LogP contribution in [0, 0.1) is 19.7 Å². The zero-order valence-corrected chi connectivity index (χ0v) is 19.2. The minimum Gasteiger partial charge on any atom is -0.322 e. The number of aromatic nitrogens is 2. The number of amidine groups is 1. The zero-order chi connectivity index (χ0) is 23.6. The molecule has 0 saturated heterocycles. The quantitative estimate of drug-likeness (QED) is 0.602. The Hall–Kier alpha value is -3.40. The number of nitrogens with one attached hydrogen (secondary N) is 2. The van der Waals surface area contributed by atoms with Gasteiger partial charge in [-0.2, -0.15) is 0 Å². The lowest BCUT2D eigenvalue weighted by Crippen LogP contribution is -2.30. The molecule has 0 unspecified atom stereocenters. The van der Waals surface area contributed by atoms with Crippen molar-refractivity contribution in [2.24, 2.45) is 4.99 Å². The second-order valence-corrected chi connectivity index (χ2v) is 9.62. The number of rotatable bonds is 4. The van der Waals surface area contributed by atoms with E-state index in [9.17, 15) is 17.6 Å². The molecule has 2 N–H and O–H groups in total. The molecule has 33 heavy (non-hydrogen) atoms. The molecule has 0 atom stereocenters. The Labute approximate surface area is 191 Å². The third kappa shape index (κ3) is 5.16. The van der Waals surface area contributed by atoms with Crippen molar-refractivity contribution < 1.29 is 17.6 Å². The summed E-state index contributed by atoms with van der Waals surface area (Å²) in [5, 5.41) is 2.64. The normalized spacial score (nSPS) is 14.5. The Kier molecular flexibility index (Phi) is 6.37. The average molecular weight is 470 g/mol. The van der Waals surface area contributed by atoms with Crippen LogP contribution in [0.25, 0.3) is 11.0 Å². The maximum absolute atomic E-state index is 14.2. The fraction of sp³-hybridized carbons (Fsp3) is 0.304. The van der Waals surface area contributed by atoms with Crippen LogP contribution in [0.1, 0.15) is 47.4 Å². The monoisotopic (exact) mass is 469 g/mol. The Morgan fingerprint density at radius 1 is 1.03 bits per heavy atom. The molecule has 0 fully saturated rings. The van der Waals surface area contributed by atoms with E-state index in [0.29, 0.717) is 30.2 Å². The van der Waals surface area contributed by atoms with Gasteiger partial charge in [-0.1, -0.05) is 12.5 Å². The highest BCUT2D eigenvalue weighted by molar-refractivity contribution is 7.90. The number of hydrogen-bond donors (Lipinski definition) is 2. The molecule has 0 radical (unpaired) electrons. The van der Waals surface area contributed by atoms with Crippen LogP contribution >= 0.6 is 0 Å². The van der Waals surface area contributed by atoms with Crippen LogP contribution in [-0.4, -0.2) is 36.7 Å². The third-order valence-electron chi connectivity index (χ3n) is 5.42. The number of amides is 1. The average Bonchev–Trinajstić information content (AvgIpc) is 3.03. The highest BCUT2D eigenvalue weighted by atomic mass is 32.2. The van der Waals surface area contributed by atoms with Crippen molar-refractivity contribution in [3.63, 3.8) is 0 Å². The van der Waals surface area contributed by atoms with Gasteiger partial charge in [0.2, 0.25) is 0 Å². The SMILES string of the molecule is Cc1nc2cc(F)cc(C(=O)Nc3cccc(S(=O)(=O)NC4=NCCCCC4)c3)c2nc1C. The molecule has 4 rings (SSSR count). The third-order valence-corrected chi connectivity index (χ3v) is 6.80. The van der Waals surface area contributed by atoms with Crippen LogP contribution in [0.3, 0.4) is 0 Å². The van der Waals surface area contributed by atoms with Crippen molar-refractivity contribution in [2.75, 3.05) is 11.9 Å². The number of nitrogens with zero attached hydrogens (tertiary/aromatic N) is 3. The van der Waals surface area contributed by atoms with E-state index in [-0.39, 0.29) is 27.2 Å². The van der Waals surface area contributed by atoms with Crippen molar-refractivity contribution >= 4 is 38.5 Å².